The van der Waals surface area contributed by atoms with Crippen molar-refractivity contribution >= 4 is 44.2 Å². The molecule has 172 valence electrons. The maximum Gasteiger partial charge on any atom is 0.232 e. The lowest BCUT2D eigenvalue weighted by molar-refractivity contribution is 0.102. The van der Waals surface area contributed by atoms with Gasteiger partial charge in [-0.3, -0.25) is 9.10 Å². The van der Waals surface area contributed by atoms with Crippen molar-refractivity contribution in [2.24, 2.45) is 14.1 Å². The fraction of sp³-hybridized carbons (Fsp3) is 0.261. The average molecular weight is 484 g/mol. The lowest BCUT2D eigenvalue weighted by Crippen LogP contribution is -2.30. The number of sulfonamides is 1. The quantitative estimate of drug-likeness (QED) is 0.281. The number of rotatable bonds is 8. The second-order valence-corrected chi connectivity index (χ2v) is 10.7. The highest BCUT2D eigenvalue weighted by Crippen LogP contribution is 2.28. The molecular weight excluding hydrogens is 458 g/mol. The molecule has 0 aliphatic carbocycles. The number of aryl methyl sites for hydroxylation is 1. The number of carbonyl (C=O) groups is 1. The fourth-order valence-electron chi connectivity index (χ4n) is 3.81. The van der Waals surface area contributed by atoms with Gasteiger partial charge in [-0.25, -0.2) is 8.42 Å². The Labute approximate surface area is 197 Å². The van der Waals surface area contributed by atoms with Gasteiger partial charge in [-0.2, -0.15) is 0 Å². The van der Waals surface area contributed by atoms with Crippen molar-refractivity contribution in [1.82, 2.24) is 19.3 Å². The van der Waals surface area contributed by atoms with E-state index in [9.17, 15) is 13.2 Å². The predicted molar refractivity (Wildman–Crippen MR) is 131 cm³/mol. The number of hydrogen-bond acceptors (Lipinski definition) is 6. The zero-order chi connectivity index (χ0) is 23.8. The van der Waals surface area contributed by atoms with Crippen LogP contribution in [0.2, 0.25) is 0 Å². The molecule has 0 atom stereocenters. The molecule has 0 fully saturated rings. The molecule has 0 radical (unpaired) electrons. The molecule has 10 heteroatoms. The van der Waals surface area contributed by atoms with Gasteiger partial charge >= 0.3 is 0 Å². The minimum absolute atomic E-state index is 0.0147. The van der Waals surface area contributed by atoms with Crippen LogP contribution in [0.15, 0.2) is 59.8 Å². The highest BCUT2D eigenvalue weighted by molar-refractivity contribution is 7.99. The molecule has 0 saturated carbocycles. The minimum atomic E-state index is -3.52. The number of Topliss-reactive ketones (excluding diaryl/α,β-unsaturated/α-hetero) is 1. The van der Waals surface area contributed by atoms with Gasteiger partial charge in [0.2, 0.25) is 10.0 Å². The normalized spacial score (nSPS) is 11.8. The van der Waals surface area contributed by atoms with Crippen LogP contribution >= 0.6 is 11.8 Å². The van der Waals surface area contributed by atoms with Crippen molar-refractivity contribution in [1.29, 1.82) is 0 Å². The summed E-state index contributed by atoms with van der Waals surface area (Å²) in [5, 5.41) is 9.88. The van der Waals surface area contributed by atoms with E-state index in [1.165, 1.54) is 16.1 Å². The Balaban J connectivity index is 1.53. The van der Waals surface area contributed by atoms with Crippen molar-refractivity contribution in [3.63, 3.8) is 0 Å². The number of anilines is 1. The third-order valence-electron chi connectivity index (χ3n) is 5.67. The van der Waals surface area contributed by atoms with Crippen LogP contribution in [-0.4, -0.2) is 45.5 Å². The molecular formula is C23H25N5O3S2. The van der Waals surface area contributed by atoms with Crippen LogP contribution in [0.25, 0.3) is 10.9 Å². The van der Waals surface area contributed by atoms with E-state index < -0.39 is 10.0 Å². The SMILES string of the molecule is Cc1c(C(=O)CSc2nnc(CN(c3ccccc3)S(C)(=O)=O)n2C)c2ccccc2n1C. The third-order valence-corrected chi connectivity index (χ3v) is 7.83. The van der Waals surface area contributed by atoms with Crippen LogP contribution in [0.3, 0.4) is 0 Å². The molecule has 4 rings (SSSR count). The predicted octanol–water partition coefficient (Wildman–Crippen LogP) is 3.56. The van der Waals surface area contributed by atoms with Crippen LogP contribution < -0.4 is 4.31 Å². The summed E-state index contributed by atoms with van der Waals surface area (Å²) in [5.41, 5.74) is 3.22. The first-order valence-electron chi connectivity index (χ1n) is 10.3. The lowest BCUT2D eigenvalue weighted by atomic mass is 10.1. The van der Waals surface area contributed by atoms with Crippen LogP contribution in [-0.2, 0) is 30.7 Å². The Hall–Kier alpha value is -3.11. The number of aromatic nitrogens is 4. The molecule has 0 saturated heterocycles. The van der Waals surface area contributed by atoms with E-state index in [0.717, 1.165) is 28.4 Å². The number of benzene rings is 2. The minimum Gasteiger partial charge on any atom is -0.347 e. The number of ketones is 1. The number of carbonyl (C=O) groups excluding carboxylic acids is 1. The van der Waals surface area contributed by atoms with E-state index >= 15 is 0 Å². The van der Waals surface area contributed by atoms with Gasteiger partial charge in [0.25, 0.3) is 0 Å². The van der Waals surface area contributed by atoms with Gasteiger partial charge < -0.3 is 9.13 Å². The first-order valence-corrected chi connectivity index (χ1v) is 13.1. The molecule has 2 aromatic carbocycles. The van der Waals surface area contributed by atoms with Gasteiger partial charge in [0.1, 0.15) is 0 Å². The Morgan fingerprint density at radius 2 is 1.67 bits per heavy atom. The van der Waals surface area contributed by atoms with Gasteiger partial charge in [-0.15, -0.1) is 10.2 Å². The van der Waals surface area contributed by atoms with Crippen molar-refractivity contribution in [3.05, 3.63) is 71.7 Å². The van der Waals surface area contributed by atoms with E-state index in [2.05, 4.69) is 10.2 Å². The summed E-state index contributed by atoms with van der Waals surface area (Å²) in [5.74, 6) is 0.705. The Morgan fingerprint density at radius 1 is 1.00 bits per heavy atom. The molecule has 0 aliphatic rings. The van der Waals surface area contributed by atoms with Crippen molar-refractivity contribution < 1.29 is 13.2 Å². The first-order chi connectivity index (χ1) is 15.7. The van der Waals surface area contributed by atoms with E-state index in [4.69, 9.17) is 0 Å². The standard InChI is InChI=1S/C23H25N5O3S2/c1-16-22(18-12-8-9-13-19(18)26(16)2)20(29)15-32-23-25-24-21(27(23)3)14-28(33(4,30)31)17-10-6-5-7-11-17/h5-13H,14-15H2,1-4H3. The van der Waals surface area contributed by atoms with Gasteiger partial charge in [-0.05, 0) is 25.1 Å². The summed E-state index contributed by atoms with van der Waals surface area (Å²) in [6, 6.07) is 16.7. The molecule has 0 N–H and O–H groups in total. The summed E-state index contributed by atoms with van der Waals surface area (Å²) in [4.78, 5) is 13.1. The summed E-state index contributed by atoms with van der Waals surface area (Å²) >= 11 is 1.29. The zero-order valence-corrected chi connectivity index (χ0v) is 20.5. The molecule has 4 aromatic rings. The maximum absolute atomic E-state index is 13.1. The molecule has 0 amide bonds. The molecule has 8 nitrogen and oxygen atoms in total. The Kier molecular flexibility index (Phi) is 6.31. The largest absolute Gasteiger partial charge is 0.347 e. The molecule has 33 heavy (non-hydrogen) atoms. The fourth-order valence-corrected chi connectivity index (χ4v) is 5.46. The number of hydrogen-bond donors (Lipinski definition) is 0. The monoisotopic (exact) mass is 483 g/mol. The third kappa shape index (κ3) is 4.53. The van der Waals surface area contributed by atoms with Crippen LogP contribution in [0.4, 0.5) is 5.69 Å². The van der Waals surface area contributed by atoms with E-state index in [-0.39, 0.29) is 18.1 Å². The van der Waals surface area contributed by atoms with Crippen LogP contribution in [0.1, 0.15) is 21.9 Å². The number of para-hydroxylation sites is 2. The topological polar surface area (TPSA) is 90.1 Å². The van der Waals surface area contributed by atoms with E-state index in [1.54, 1.807) is 35.9 Å². The average Bonchev–Trinajstić information content (AvgIpc) is 3.27. The summed E-state index contributed by atoms with van der Waals surface area (Å²) in [6.45, 7) is 1.99. The second kappa shape index (κ2) is 9.03. The molecule has 0 unspecified atom stereocenters. The Morgan fingerprint density at radius 3 is 2.36 bits per heavy atom. The van der Waals surface area contributed by atoms with Crippen molar-refractivity contribution in [3.8, 4) is 0 Å². The van der Waals surface area contributed by atoms with Gasteiger partial charge in [0.05, 0.1) is 24.2 Å². The van der Waals surface area contributed by atoms with Crippen LogP contribution in [0.5, 0.6) is 0 Å². The zero-order valence-electron chi connectivity index (χ0n) is 18.9. The van der Waals surface area contributed by atoms with Crippen molar-refractivity contribution in [2.45, 2.75) is 18.6 Å². The molecule has 2 aromatic heterocycles. The molecule has 0 spiro atoms. The lowest BCUT2D eigenvalue weighted by Gasteiger charge is -2.21. The Bertz CT molecular complexity index is 1430. The van der Waals surface area contributed by atoms with Gasteiger partial charge in [0, 0.05) is 36.3 Å². The van der Waals surface area contributed by atoms with E-state index in [0.29, 0.717) is 16.7 Å². The van der Waals surface area contributed by atoms with Gasteiger partial charge in [0.15, 0.2) is 16.8 Å². The maximum atomic E-state index is 13.1. The van der Waals surface area contributed by atoms with E-state index in [1.807, 2.05) is 48.9 Å². The smallest absolute Gasteiger partial charge is 0.232 e. The van der Waals surface area contributed by atoms with Crippen molar-refractivity contribution in [2.75, 3.05) is 16.3 Å². The van der Waals surface area contributed by atoms with Gasteiger partial charge in [-0.1, -0.05) is 48.2 Å². The number of fused-ring (bicyclic) bond motifs is 1. The molecule has 2 heterocycles. The summed E-state index contributed by atoms with van der Waals surface area (Å²) in [7, 11) is 0.210. The number of thioether (sulfide) groups is 1. The highest BCUT2D eigenvalue weighted by atomic mass is 32.2. The summed E-state index contributed by atoms with van der Waals surface area (Å²) in [6.07, 6.45) is 1.16. The number of nitrogens with zero attached hydrogens (tertiary/aromatic N) is 5. The first kappa shape index (κ1) is 23.1. The molecule has 0 bridgehead atoms. The summed E-state index contributed by atoms with van der Waals surface area (Å²) < 4.78 is 29.8. The molecule has 0 aliphatic heterocycles. The van der Waals surface area contributed by atoms with Crippen LogP contribution in [0, 0.1) is 6.92 Å². The second-order valence-electron chi connectivity index (χ2n) is 7.81. The highest BCUT2D eigenvalue weighted by Gasteiger charge is 2.23.